The molecular weight excluding hydrogens is 309 g/mol. The van der Waals surface area contributed by atoms with Crippen LogP contribution >= 0.6 is 0 Å². The number of guanidine groups is 1. The largest absolute Gasteiger partial charge is 0.492 e. The van der Waals surface area contributed by atoms with Gasteiger partial charge in [-0.3, -0.25) is 9.67 Å². The zero-order chi connectivity index (χ0) is 17.5. The highest BCUT2D eigenvalue weighted by Crippen LogP contribution is 2.12. The van der Waals surface area contributed by atoms with E-state index in [-0.39, 0.29) is 5.82 Å². The number of halogens is 1. The van der Waals surface area contributed by atoms with Gasteiger partial charge in [0.15, 0.2) is 5.96 Å². The zero-order valence-corrected chi connectivity index (χ0v) is 14.6. The quantitative estimate of drug-likeness (QED) is 0.482. The molecule has 0 aliphatic rings. The van der Waals surface area contributed by atoms with Crippen molar-refractivity contribution in [1.82, 2.24) is 20.4 Å². The molecule has 2 N–H and O–H groups in total. The number of nitrogens with one attached hydrogen (secondary N) is 2. The Morgan fingerprint density at radius 2 is 2.12 bits per heavy atom. The molecular formula is C17H24FN5O. The van der Waals surface area contributed by atoms with Crippen molar-refractivity contribution in [2.24, 2.45) is 12.0 Å². The van der Waals surface area contributed by atoms with Crippen LogP contribution in [0.5, 0.6) is 5.75 Å². The van der Waals surface area contributed by atoms with E-state index in [9.17, 15) is 4.39 Å². The van der Waals surface area contributed by atoms with Crippen molar-refractivity contribution >= 4 is 5.96 Å². The molecule has 0 unspecified atom stereocenters. The number of aryl methyl sites for hydroxylation is 2. The van der Waals surface area contributed by atoms with E-state index >= 15 is 0 Å². The minimum absolute atomic E-state index is 0.305. The summed E-state index contributed by atoms with van der Waals surface area (Å²) < 4.78 is 20.4. The summed E-state index contributed by atoms with van der Waals surface area (Å²) in [5, 5.41) is 10.8. The van der Waals surface area contributed by atoms with Crippen LogP contribution in [0.25, 0.3) is 0 Å². The van der Waals surface area contributed by atoms with Crippen molar-refractivity contribution in [2.75, 3.05) is 20.2 Å². The first-order valence-corrected chi connectivity index (χ1v) is 7.83. The molecule has 0 amide bonds. The fourth-order valence-electron chi connectivity index (χ4n) is 2.36. The molecule has 0 bridgehead atoms. The monoisotopic (exact) mass is 333 g/mol. The Morgan fingerprint density at radius 1 is 1.33 bits per heavy atom. The third kappa shape index (κ3) is 4.71. The number of aromatic nitrogens is 2. The Labute approximate surface area is 141 Å². The highest BCUT2D eigenvalue weighted by molar-refractivity contribution is 5.79. The molecule has 0 radical (unpaired) electrons. The van der Waals surface area contributed by atoms with Gasteiger partial charge in [0.1, 0.15) is 18.2 Å². The molecule has 0 aliphatic heterocycles. The second-order valence-electron chi connectivity index (χ2n) is 5.43. The maximum atomic E-state index is 13.1. The van der Waals surface area contributed by atoms with Crippen LogP contribution in [0.15, 0.2) is 29.3 Å². The van der Waals surface area contributed by atoms with Crippen LogP contribution in [0.4, 0.5) is 4.39 Å². The van der Waals surface area contributed by atoms with Crippen LogP contribution in [0.2, 0.25) is 0 Å². The number of ether oxygens (including phenoxy) is 1. The van der Waals surface area contributed by atoms with Gasteiger partial charge in [0.2, 0.25) is 0 Å². The first-order chi connectivity index (χ1) is 11.5. The molecule has 0 aliphatic carbocycles. The lowest BCUT2D eigenvalue weighted by Gasteiger charge is -2.13. The van der Waals surface area contributed by atoms with Crippen LogP contribution in [0.1, 0.15) is 17.0 Å². The van der Waals surface area contributed by atoms with E-state index < -0.39 is 0 Å². The molecule has 0 saturated carbocycles. The lowest BCUT2D eigenvalue weighted by Crippen LogP contribution is -2.39. The van der Waals surface area contributed by atoms with Gasteiger partial charge >= 0.3 is 0 Å². The lowest BCUT2D eigenvalue weighted by atomic mass is 10.2. The molecule has 0 saturated heterocycles. The van der Waals surface area contributed by atoms with Crippen molar-refractivity contribution in [3.05, 3.63) is 47.0 Å². The average molecular weight is 333 g/mol. The van der Waals surface area contributed by atoms with Crippen molar-refractivity contribution < 1.29 is 9.13 Å². The number of hydrogen-bond donors (Lipinski definition) is 2. The van der Waals surface area contributed by atoms with Crippen molar-refractivity contribution in [3.8, 4) is 5.75 Å². The van der Waals surface area contributed by atoms with Crippen LogP contribution in [-0.2, 0) is 13.6 Å². The van der Waals surface area contributed by atoms with Gasteiger partial charge in [0, 0.05) is 38.0 Å². The minimum atomic E-state index is -0.305. The Bertz CT molecular complexity index is 711. The Morgan fingerprint density at radius 3 is 2.75 bits per heavy atom. The normalized spacial score (nSPS) is 11.5. The zero-order valence-electron chi connectivity index (χ0n) is 14.6. The van der Waals surface area contributed by atoms with Crippen LogP contribution in [0.3, 0.4) is 0 Å². The summed E-state index contributed by atoms with van der Waals surface area (Å²) in [6.07, 6.45) is 0. The van der Waals surface area contributed by atoms with E-state index in [0.717, 1.165) is 17.0 Å². The second kappa shape index (κ2) is 8.33. The summed E-state index contributed by atoms with van der Waals surface area (Å²) in [5.74, 6) is 0.891. The maximum Gasteiger partial charge on any atom is 0.191 e. The highest BCUT2D eigenvalue weighted by atomic mass is 19.1. The molecule has 0 fully saturated rings. The maximum absolute atomic E-state index is 13.1. The smallest absolute Gasteiger partial charge is 0.191 e. The van der Waals surface area contributed by atoms with Crippen LogP contribution < -0.4 is 15.4 Å². The number of rotatable bonds is 6. The summed E-state index contributed by atoms with van der Waals surface area (Å²) in [6, 6.07) is 6.10. The molecule has 1 heterocycles. The number of benzene rings is 1. The minimum Gasteiger partial charge on any atom is -0.492 e. The van der Waals surface area contributed by atoms with Gasteiger partial charge in [0.05, 0.1) is 12.2 Å². The van der Waals surface area contributed by atoms with Gasteiger partial charge in [-0.2, -0.15) is 5.10 Å². The Balaban J connectivity index is 1.76. The van der Waals surface area contributed by atoms with Gasteiger partial charge in [-0.05, 0) is 26.0 Å². The number of aliphatic imine (C=N–C) groups is 1. The lowest BCUT2D eigenvalue weighted by molar-refractivity contribution is 0.320. The Kier molecular flexibility index (Phi) is 6.17. The first kappa shape index (κ1) is 17.8. The summed E-state index contributed by atoms with van der Waals surface area (Å²) in [7, 11) is 3.65. The van der Waals surface area contributed by atoms with Gasteiger partial charge < -0.3 is 15.4 Å². The van der Waals surface area contributed by atoms with Crippen LogP contribution in [-0.4, -0.2) is 35.9 Å². The predicted octanol–water partition coefficient (Wildman–Crippen LogP) is 1.92. The van der Waals surface area contributed by atoms with Gasteiger partial charge in [-0.25, -0.2) is 4.39 Å². The molecule has 2 rings (SSSR count). The molecule has 130 valence electrons. The third-order valence-corrected chi connectivity index (χ3v) is 3.77. The summed E-state index contributed by atoms with van der Waals surface area (Å²) >= 11 is 0. The van der Waals surface area contributed by atoms with Gasteiger partial charge in [-0.15, -0.1) is 0 Å². The topological polar surface area (TPSA) is 63.5 Å². The summed E-state index contributed by atoms with van der Waals surface area (Å²) in [4.78, 5) is 4.18. The fourth-order valence-corrected chi connectivity index (χ4v) is 2.36. The molecule has 1 aromatic carbocycles. The number of nitrogens with zero attached hydrogens (tertiary/aromatic N) is 3. The van der Waals surface area contributed by atoms with E-state index in [2.05, 4.69) is 20.7 Å². The van der Waals surface area contributed by atoms with E-state index in [1.54, 1.807) is 19.2 Å². The molecule has 0 atom stereocenters. The van der Waals surface area contributed by atoms with Gasteiger partial charge in [-0.1, -0.05) is 6.07 Å². The van der Waals surface area contributed by atoms with Crippen LogP contribution in [0, 0.1) is 19.7 Å². The standard InChI is InChI=1S/C17H24FN5O/c1-12-16(13(2)23(4)22-12)11-21-17(19-3)20-8-9-24-15-7-5-6-14(18)10-15/h5-7,10H,8-9,11H2,1-4H3,(H2,19,20,21). The molecule has 7 heteroatoms. The first-order valence-electron chi connectivity index (χ1n) is 7.83. The summed E-state index contributed by atoms with van der Waals surface area (Å²) in [6.45, 7) is 5.65. The van der Waals surface area contributed by atoms with Crippen molar-refractivity contribution in [3.63, 3.8) is 0 Å². The molecule has 1 aromatic heterocycles. The van der Waals surface area contributed by atoms with Crippen molar-refractivity contribution in [1.29, 1.82) is 0 Å². The van der Waals surface area contributed by atoms with E-state index in [1.807, 2.05) is 25.6 Å². The fraction of sp³-hybridized carbons (Fsp3) is 0.412. The van der Waals surface area contributed by atoms with Gasteiger partial charge in [0.25, 0.3) is 0 Å². The SMILES string of the molecule is CN=C(NCCOc1cccc(F)c1)NCc1c(C)nn(C)c1C. The van der Waals surface area contributed by atoms with E-state index in [1.165, 1.54) is 12.1 Å². The highest BCUT2D eigenvalue weighted by Gasteiger charge is 2.09. The predicted molar refractivity (Wildman–Crippen MR) is 92.8 cm³/mol. The number of hydrogen-bond acceptors (Lipinski definition) is 3. The van der Waals surface area contributed by atoms with Crippen molar-refractivity contribution in [2.45, 2.75) is 20.4 Å². The molecule has 6 nitrogen and oxygen atoms in total. The molecule has 0 spiro atoms. The second-order valence-corrected chi connectivity index (χ2v) is 5.43. The molecule has 24 heavy (non-hydrogen) atoms. The van der Waals surface area contributed by atoms with E-state index in [4.69, 9.17) is 4.74 Å². The third-order valence-electron chi connectivity index (χ3n) is 3.77. The average Bonchev–Trinajstić information content (AvgIpc) is 2.80. The van der Waals surface area contributed by atoms with E-state index in [0.29, 0.717) is 31.4 Å². The Hall–Kier alpha value is -2.57. The summed E-state index contributed by atoms with van der Waals surface area (Å²) in [5.41, 5.74) is 3.30. The molecule has 2 aromatic rings.